The van der Waals surface area contributed by atoms with E-state index >= 15 is 0 Å². The van der Waals surface area contributed by atoms with Crippen LogP contribution in [0, 0.1) is 0 Å². The van der Waals surface area contributed by atoms with Crippen LogP contribution in [0.15, 0.2) is 24.3 Å². The molecule has 1 aromatic rings. The summed E-state index contributed by atoms with van der Waals surface area (Å²) in [5, 5.41) is 0. The Morgan fingerprint density at radius 2 is 2.06 bits per heavy atom. The van der Waals surface area contributed by atoms with Gasteiger partial charge in [0.05, 0.1) is 12.9 Å². The van der Waals surface area contributed by atoms with Crippen molar-refractivity contribution in [1.29, 1.82) is 0 Å². The van der Waals surface area contributed by atoms with Crippen molar-refractivity contribution in [3.63, 3.8) is 0 Å². The number of nitrogens with one attached hydrogen (secondary N) is 1. The van der Waals surface area contributed by atoms with E-state index in [2.05, 4.69) is 4.72 Å². The predicted molar refractivity (Wildman–Crippen MR) is 69.0 cm³/mol. The van der Waals surface area contributed by atoms with Gasteiger partial charge in [0.1, 0.15) is 5.75 Å². The third-order valence-corrected chi connectivity index (χ3v) is 3.90. The van der Waals surface area contributed by atoms with Crippen LogP contribution in [0.25, 0.3) is 0 Å². The molecule has 0 aliphatic heterocycles. The normalized spacial score (nSPS) is 11.4. The van der Waals surface area contributed by atoms with Crippen molar-refractivity contribution >= 4 is 21.6 Å². The Labute approximate surface area is 107 Å². The summed E-state index contributed by atoms with van der Waals surface area (Å²) in [4.78, 5) is 0. The number of benzene rings is 1. The summed E-state index contributed by atoms with van der Waals surface area (Å²) in [7, 11) is -1.70. The van der Waals surface area contributed by atoms with Crippen LogP contribution in [0.3, 0.4) is 0 Å². The van der Waals surface area contributed by atoms with Crippen molar-refractivity contribution in [3.05, 3.63) is 29.8 Å². The van der Waals surface area contributed by atoms with E-state index in [1.807, 2.05) is 18.2 Å². The molecule has 0 unspecified atom stereocenters. The summed E-state index contributed by atoms with van der Waals surface area (Å²) >= 11 is 5.46. The largest absolute Gasteiger partial charge is 0.496 e. The van der Waals surface area contributed by atoms with E-state index in [0.717, 1.165) is 5.56 Å². The first-order chi connectivity index (χ1) is 8.09. The molecule has 0 saturated carbocycles. The molecule has 17 heavy (non-hydrogen) atoms. The molecule has 0 saturated heterocycles. The summed E-state index contributed by atoms with van der Waals surface area (Å²) in [6.45, 7) is 0.231. The number of sulfonamides is 1. The fourth-order valence-corrected chi connectivity index (χ4v) is 2.69. The van der Waals surface area contributed by atoms with E-state index in [9.17, 15) is 8.42 Å². The molecule has 0 aliphatic carbocycles. The van der Waals surface area contributed by atoms with Crippen LogP contribution >= 0.6 is 11.6 Å². The lowest BCUT2D eigenvalue weighted by Crippen LogP contribution is -2.26. The molecule has 0 amide bonds. The van der Waals surface area contributed by atoms with Crippen LogP contribution in [-0.4, -0.2) is 27.2 Å². The molecule has 4 nitrogen and oxygen atoms in total. The van der Waals surface area contributed by atoms with E-state index in [-0.39, 0.29) is 12.3 Å². The minimum atomic E-state index is -3.26. The van der Waals surface area contributed by atoms with Crippen molar-refractivity contribution in [2.24, 2.45) is 0 Å². The standard InChI is InChI=1S/C11H16ClNO3S/c1-16-11-6-3-2-5-10(11)9-13-17(14,15)8-4-7-12/h2-3,5-6,13H,4,7-9H2,1H3. The van der Waals surface area contributed by atoms with Crippen LogP contribution < -0.4 is 9.46 Å². The first kappa shape index (κ1) is 14.3. The Bertz CT molecular complexity index is 448. The molecule has 0 radical (unpaired) electrons. The Hall–Kier alpha value is -0.780. The molecule has 6 heteroatoms. The molecule has 96 valence electrons. The quantitative estimate of drug-likeness (QED) is 0.773. The molecule has 0 bridgehead atoms. The van der Waals surface area contributed by atoms with Gasteiger partial charge in [0.2, 0.25) is 10.0 Å². The molecular formula is C11H16ClNO3S. The fraction of sp³-hybridized carbons (Fsp3) is 0.455. The van der Waals surface area contributed by atoms with E-state index in [0.29, 0.717) is 18.1 Å². The van der Waals surface area contributed by atoms with Gasteiger partial charge in [-0.2, -0.15) is 0 Å². The highest BCUT2D eigenvalue weighted by Crippen LogP contribution is 2.16. The summed E-state index contributed by atoms with van der Waals surface area (Å²) in [6, 6.07) is 7.29. The lowest BCUT2D eigenvalue weighted by Gasteiger charge is -2.09. The number of hydrogen-bond acceptors (Lipinski definition) is 3. The molecule has 0 fully saturated rings. The predicted octanol–water partition coefficient (Wildman–Crippen LogP) is 1.74. The monoisotopic (exact) mass is 277 g/mol. The van der Waals surface area contributed by atoms with Gasteiger partial charge >= 0.3 is 0 Å². The van der Waals surface area contributed by atoms with Crippen LogP contribution in [-0.2, 0) is 16.6 Å². The zero-order valence-electron chi connectivity index (χ0n) is 9.65. The third-order valence-electron chi connectivity index (χ3n) is 2.22. The zero-order chi connectivity index (χ0) is 12.7. The maximum absolute atomic E-state index is 11.6. The average molecular weight is 278 g/mol. The van der Waals surface area contributed by atoms with Gasteiger partial charge in [-0.25, -0.2) is 13.1 Å². The number of alkyl halides is 1. The second-order valence-electron chi connectivity index (χ2n) is 3.49. The molecule has 0 atom stereocenters. The maximum Gasteiger partial charge on any atom is 0.211 e. The first-order valence-corrected chi connectivity index (χ1v) is 7.43. The van der Waals surface area contributed by atoms with Crippen LogP contribution in [0.4, 0.5) is 0 Å². The average Bonchev–Trinajstić information content (AvgIpc) is 2.34. The highest BCUT2D eigenvalue weighted by atomic mass is 35.5. The van der Waals surface area contributed by atoms with E-state index in [4.69, 9.17) is 16.3 Å². The van der Waals surface area contributed by atoms with Crippen molar-refractivity contribution in [3.8, 4) is 5.75 Å². The van der Waals surface area contributed by atoms with Crippen molar-refractivity contribution in [2.75, 3.05) is 18.7 Å². The Balaban J connectivity index is 2.61. The fourth-order valence-electron chi connectivity index (χ4n) is 1.35. The molecule has 1 aromatic carbocycles. The lowest BCUT2D eigenvalue weighted by atomic mass is 10.2. The van der Waals surface area contributed by atoms with Gasteiger partial charge in [-0.3, -0.25) is 0 Å². The number of ether oxygens (including phenoxy) is 1. The van der Waals surface area contributed by atoms with Gasteiger partial charge in [-0.1, -0.05) is 18.2 Å². The highest BCUT2D eigenvalue weighted by molar-refractivity contribution is 7.89. The molecule has 0 aromatic heterocycles. The number of para-hydroxylation sites is 1. The zero-order valence-corrected chi connectivity index (χ0v) is 11.2. The Kier molecular flexibility index (Phi) is 5.74. The van der Waals surface area contributed by atoms with Crippen LogP contribution in [0.1, 0.15) is 12.0 Å². The second-order valence-corrected chi connectivity index (χ2v) is 5.80. The van der Waals surface area contributed by atoms with Gasteiger partial charge in [0, 0.05) is 18.0 Å². The van der Waals surface area contributed by atoms with Crippen molar-refractivity contribution < 1.29 is 13.2 Å². The SMILES string of the molecule is COc1ccccc1CNS(=O)(=O)CCCCl. The second kappa shape index (κ2) is 6.83. The summed E-state index contributed by atoms with van der Waals surface area (Å²) in [6.07, 6.45) is 0.447. The van der Waals surface area contributed by atoms with Gasteiger partial charge in [0.15, 0.2) is 0 Å². The van der Waals surface area contributed by atoms with Gasteiger partial charge in [-0.05, 0) is 12.5 Å². The lowest BCUT2D eigenvalue weighted by molar-refractivity contribution is 0.409. The van der Waals surface area contributed by atoms with Crippen LogP contribution in [0.5, 0.6) is 5.75 Å². The number of methoxy groups -OCH3 is 1. The minimum absolute atomic E-state index is 0.0473. The summed E-state index contributed by atoms with van der Waals surface area (Å²) < 4.78 is 30.8. The minimum Gasteiger partial charge on any atom is -0.496 e. The molecule has 0 heterocycles. The van der Waals surface area contributed by atoms with E-state index in [1.165, 1.54) is 0 Å². The molecule has 1 N–H and O–H groups in total. The van der Waals surface area contributed by atoms with Crippen LogP contribution in [0.2, 0.25) is 0 Å². The van der Waals surface area contributed by atoms with Gasteiger partial charge < -0.3 is 4.74 Å². The number of halogens is 1. The Morgan fingerprint density at radius 1 is 1.35 bits per heavy atom. The molecule has 0 spiro atoms. The molecule has 1 rings (SSSR count). The topological polar surface area (TPSA) is 55.4 Å². The highest BCUT2D eigenvalue weighted by Gasteiger charge is 2.10. The van der Waals surface area contributed by atoms with E-state index in [1.54, 1.807) is 13.2 Å². The first-order valence-electron chi connectivity index (χ1n) is 5.24. The smallest absolute Gasteiger partial charge is 0.211 e. The summed E-state index contributed by atoms with van der Waals surface area (Å²) in [5.41, 5.74) is 0.810. The molecular weight excluding hydrogens is 262 g/mol. The molecule has 0 aliphatic rings. The van der Waals surface area contributed by atoms with Crippen molar-refractivity contribution in [2.45, 2.75) is 13.0 Å². The van der Waals surface area contributed by atoms with Gasteiger partial charge in [-0.15, -0.1) is 11.6 Å². The van der Waals surface area contributed by atoms with E-state index < -0.39 is 10.0 Å². The maximum atomic E-state index is 11.6. The number of hydrogen-bond donors (Lipinski definition) is 1. The van der Waals surface area contributed by atoms with Crippen molar-refractivity contribution in [1.82, 2.24) is 4.72 Å². The number of rotatable bonds is 7. The summed E-state index contributed by atoms with van der Waals surface area (Å²) in [5.74, 6) is 1.06. The Morgan fingerprint density at radius 3 is 2.71 bits per heavy atom. The van der Waals surface area contributed by atoms with Gasteiger partial charge in [0.25, 0.3) is 0 Å². The third kappa shape index (κ3) is 4.93.